The average Bonchev–Trinajstić information content (AvgIpc) is 3.17. The van der Waals surface area contributed by atoms with Crippen LogP contribution in [0.5, 0.6) is 0 Å². The number of hydrogen-bond acceptors (Lipinski definition) is 0. The second kappa shape index (κ2) is 15.0. The van der Waals surface area contributed by atoms with Crippen LogP contribution in [0.15, 0.2) is 103 Å². The van der Waals surface area contributed by atoms with E-state index in [1.165, 1.54) is 152 Å². The second-order valence-corrected chi connectivity index (χ2v) is 17.1. The molecule has 0 aliphatic carbocycles. The molecular formula is C56H58. The molecule has 8 aromatic rings. The predicted molar refractivity (Wildman–Crippen MR) is 248 cm³/mol. The predicted octanol–water partition coefficient (Wildman–Crippen LogP) is 16.5. The normalized spacial score (nSPS) is 12.4. The van der Waals surface area contributed by atoms with E-state index >= 15 is 0 Å². The van der Waals surface area contributed by atoms with E-state index in [-0.39, 0.29) is 0 Å². The van der Waals surface area contributed by atoms with E-state index in [0.717, 1.165) is 12.3 Å². The molecule has 8 rings (SSSR count). The molecule has 282 valence electrons. The smallest absolute Gasteiger partial charge is 0.00139 e. The van der Waals surface area contributed by atoms with Crippen molar-refractivity contribution in [1.29, 1.82) is 0 Å². The van der Waals surface area contributed by atoms with E-state index in [2.05, 4.69) is 172 Å². The standard InChI is InChI=1S/C56H58/c1-11-13-16-41(12-2)29-42-19-22-48-50(30-42)39(9)45-17-14-15-18-47(45)55(48)56-49-24-21-43(53-35(5)25-33(3)26-36(53)6)31-51(49)40(10)46-23-20-44(32-52(46)56)54-37(7)27-34(4)28-38(54)8/h14-15,17-28,30-32,41H,11-13,16,29H2,1-10H3. The van der Waals surface area contributed by atoms with Crippen molar-refractivity contribution in [3.8, 4) is 33.4 Å². The SMILES string of the molecule is CCCCC(CC)Cc1ccc2c(-c3c4ccc(-c5c(C)cc(C)cc5C)cc4c(C)c4ccc(-c5c(C)cc(C)cc5C)cc34)c3ccccc3c(C)c2c1. The first kappa shape index (κ1) is 37.7. The highest BCUT2D eigenvalue weighted by Crippen LogP contribution is 2.48. The van der Waals surface area contributed by atoms with Crippen LogP contribution >= 0.6 is 0 Å². The monoisotopic (exact) mass is 730 g/mol. The van der Waals surface area contributed by atoms with Gasteiger partial charge in [0.25, 0.3) is 0 Å². The number of unbranched alkanes of at least 4 members (excludes halogenated alkanes) is 1. The lowest BCUT2D eigenvalue weighted by atomic mass is 9.81. The zero-order chi connectivity index (χ0) is 39.4. The van der Waals surface area contributed by atoms with Gasteiger partial charge in [-0.05, 0) is 195 Å². The van der Waals surface area contributed by atoms with Gasteiger partial charge < -0.3 is 0 Å². The highest BCUT2D eigenvalue weighted by Gasteiger charge is 2.22. The molecule has 56 heavy (non-hydrogen) atoms. The van der Waals surface area contributed by atoms with Crippen molar-refractivity contribution in [3.05, 3.63) is 153 Å². The van der Waals surface area contributed by atoms with Crippen molar-refractivity contribution in [1.82, 2.24) is 0 Å². The lowest BCUT2D eigenvalue weighted by molar-refractivity contribution is 0.449. The summed E-state index contributed by atoms with van der Waals surface area (Å²) < 4.78 is 0. The Balaban J connectivity index is 1.49. The van der Waals surface area contributed by atoms with Crippen LogP contribution in [0.3, 0.4) is 0 Å². The summed E-state index contributed by atoms with van der Waals surface area (Å²) in [6, 6.07) is 40.5. The molecule has 0 N–H and O–H groups in total. The van der Waals surface area contributed by atoms with Crippen LogP contribution in [0.2, 0.25) is 0 Å². The van der Waals surface area contributed by atoms with Crippen LogP contribution in [-0.4, -0.2) is 0 Å². The third-order valence-corrected chi connectivity index (χ3v) is 13.0. The van der Waals surface area contributed by atoms with Gasteiger partial charge in [0, 0.05) is 0 Å². The quantitative estimate of drug-likeness (QED) is 0.130. The first-order valence-corrected chi connectivity index (χ1v) is 21.1. The molecule has 0 fully saturated rings. The Bertz CT molecular complexity index is 2780. The van der Waals surface area contributed by atoms with Crippen LogP contribution in [0.1, 0.15) is 89.6 Å². The van der Waals surface area contributed by atoms with E-state index in [1.54, 1.807) is 0 Å². The number of aryl methyl sites for hydroxylation is 8. The van der Waals surface area contributed by atoms with Gasteiger partial charge in [-0.2, -0.15) is 0 Å². The van der Waals surface area contributed by atoms with E-state index in [9.17, 15) is 0 Å². The number of rotatable bonds is 9. The molecule has 0 heteroatoms. The van der Waals surface area contributed by atoms with Gasteiger partial charge in [-0.15, -0.1) is 0 Å². The zero-order valence-electron chi connectivity index (χ0n) is 35.4. The van der Waals surface area contributed by atoms with Gasteiger partial charge in [0.05, 0.1) is 0 Å². The molecule has 0 heterocycles. The van der Waals surface area contributed by atoms with Gasteiger partial charge in [0.2, 0.25) is 0 Å². The van der Waals surface area contributed by atoms with Crippen molar-refractivity contribution in [2.45, 2.75) is 101 Å². The maximum absolute atomic E-state index is 2.54. The minimum Gasteiger partial charge on any atom is -0.0654 e. The van der Waals surface area contributed by atoms with Crippen LogP contribution in [-0.2, 0) is 6.42 Å². The first-order chi connectivity index (χ1) is 27.0. The lowest BCUT2D eigenvalue weighted by Crippen LogP contribution is -2.03. The summed E-state index contributed by atoms with van der Waals surface area (Å²) in [6.07, 6.45) is 6.25. The summed E-state index contributed by atoms with van der Waals surface area (Å²) in [4.78, 5) is 0. The molecule has 0 saturated heterocycles. The minimum atomic E-state index is 0.722. The van der Waals surface area contributed by atoms with Gasteiger partial charge in [0.15, 0.2) is 0 Å². The van der Waals surface area contributed by atoms with Crippen LogP contribution in [0.4, 0.5) is 0 Å². The fourth-order valence-corrected chi connectivity index (χ4v) is 10.4. The maximum Gasteiger partial charge on any atom is -0.00139 e. The fourth-order valence-electron chi connectivity index (χ4n) is 10.4. The molecule has 0 nitrogen and oxygen atoms in total. The highest BCUT2D eigenvalue weighted by molar-refractivity contribution is 6.25. The molecule has 0 saturated carbocycles. The first-order valence-electron chi connectivity index (χ1n) is 21.1. The number of fused-ring (bicyclic) bond motifs is 4. The number of benzene rings is 8. The molecule has 0 bridgehead atoms. The summed E-state index contributed by atoms with van der Waals surface area (Å²) >= 11 is 0. The maximum atomic E-state index is 2.54. The topological polar surface area (TPSA) is 0 Å². The molecule has 1 atom stereocenters. The summed E-state index contributed by atoms with van der Waals surface area (Å²) in [5, 5.41) is 10.7. The molecule has 1 unspecified atom stereocenters. The van der Waals surface area contributed by atoms with Crippen LogP contribution in [0.25, 0.3) is 76.5 Å². The van der Waals surface area contributed by atoms with Gasteiger partial charge in [-0.3, -0.25) is 0 Å². The molecule has 0 spiro atoms. The van der Waals surface area contributed by atoms with Crippen molar-refractivity contribution in [2.24, 2.45) is 5.92 Å². The number of hydrogen-bond donors (Lipinski definition) is 0. The largest absolute Gasteiger partial charge is 0.0654 e. The fraction of sp³-hybridized carbons (Fsp3) is 0.286. The van der Waals surface area contributed by atoms with Crippen molar-refractivity contribution in [3.63, 3.8) is 0 Å². The van der Waals surface area contributed by atoms with E-state index in [4.69, 9.17) is 0 Å². The molecule has 0 aliphatic rings. The lowest BCUT2D eigenvalue weighted by Gasteiger charge is -2.23. The highest BCUT2D eigenvalue weighted by atomic mass is 14.3. The molecule has 0 amide bonds. The van der Waals surface area contributed by atoms with Gasteiger partial charge in [-0.1, -0.05) is 142 Å². The van der Waals surface area contributed by atoms with Crippen molar-refractivity contribution in [2.75, 3.05) is 0 Å². The van der Waals surface area contributed by atoms with Crippen LogP contribution < -0.4 is 0 Å². The summed E-state index contributed by atoms with van der Waals surface area (Å²) in [7, 11) is 0. The van der Waals surface area contributed by atoms with Gasteiger partial charge >= 0.3 is 0 Å². The summed E-state index contributed by atoms with van der Waals surface area (Å²) in [5.74, 6) is 0.722. The summed E-state index contributed by atoms with van der Waals surface area (Å²) in [5.41, 5.74) is 20.1. The minimum absolute atomic E-state index is 0.722. The zero-order valence-corrected chi connectivity index (χ0v) is 35.4. The Morgan fingerprint density at radius 1 is 0.411 bits per heavy atom. The molecule has 0 aliphatic heterocycles. The Morgan fingerprint density at radius 3 is 1.41 bits per heavy atom. The Labute approximate surface area is 335 Å². The van der Waals surface area contributed by atoms with Gasteiger partial charge in [-0.25, -0.2) is 0 Å². The Morgan fingerprint density at radius 2 is 0.857 bits per heavy atom. The van der Waals surface area contributed by atoms with E-state index in [0.29, 0.717) is 0 Å². The molecular weight excluding hydrogens is 673 g/mol. The molecule has 8 aromatic carbocycles. The molecule has 0 aromatic heterocycles. The molecule has 0 radical (unpaired) electrons. The average molecular weight is 731 g/mol. The van der Waals surface area contributed by atoms with Crippen molar-refractivity contribution < 1.29 is 0 Å². The third-order valence-electron chi connectivity index (χ3n) is 13.0. The van der Waals surface area contributed by atoms with Crippen LogP contribution in [0, 0.1) is 61.3 Å². The second-order valence-electron chi connectivity index (χ2n) is 17.1. The Kier molecular flexibility index (Phi) is 10.1. The van der Waals surface area contributed by atoms with E-state index < -0.39 is 0 Å². The van der Waals surface area contributed by atoms with E-state index in [1.807, 2.05) is 0 Å². The summed E-state index contributed by atoms with van der Waals surface area (Å²) in [6.45, 7) is 22.8. The third kappa shape index (κ3) is 6.52. The van der Waals surface area contributed by atoms with Crippen molar-refractivity contribution >= 4 is 43.1 Å². The van der Waals surface area contributed by atoms with Gasteiger partial charge in [0.1, 0.15) is 0 Å². The Hall–Kier alpha value is -5.20.